The number of rotatable bonds is 7. The van der Waals surface area contributed by atoms with Gasteiger partial charge in [0.15, 0.2) is 5.76 Å². The Morgan fingerprint density at radius 1 is 1.10 bits per heavy atom. The van der Waals surface area contributed by atoms with Gasteiger partial charge in [-0.1, -0.05) is 49.4 Å². The molecule has 5 heteroatoms. The summed E-state index contributed by atoms with van der Waals surface area (Å²) in [6.45, 7) is 5.17. The van der Waals surface area contributed by atoms with Crippen LogP contribution in [0.15, 0.2) is 77.4 Å². The molecule has 1 saturated heterocycles. The number of hydrogen-bond donors (Lipinski definition) is 0. The summed E-state index contributed by atoms with van der Waals surface area (Å²) in [4.78, 5) is 17.9. The van der Waals surface area contributed by atoms with Crippen LogP contribution in [0.5, 0.6) is 5.75 Å². The van der Waals surface area contributed by atoms with Gasteiger partial charge in [0.05, 0.1) is 19.1 Å². The fourth-order valence-corrected chi connectivity index (χ4v) is 4.52. The first-order chi connectivity index (χ1) is 15.2. The first kappa shape index (κ1) is 21.2. The SMILES string of the molecule is COc1ccccc1N(C(=O)c1ccco1)[C@H]1CCN(CCc2ccccc2)C[C@@H]1C. The zero-order valence-electron chi connectivity index (χ0n) is 18.2. The molecule has 0 radical (unpaired) electrons. The highest BCUT2D eigenvalue weighted by Gasteiger charge is 2.36. The maximum absolute atomic E-state index is 13.5. The van der Waals surface area contributed by atoms with Crippen LogP contribution in [0.3, 0.4) is 0 Å². The largest absolute Gasteiger partial charge is 0.495 e. The minimum Gasteiger partial charge on any atom is -0.495 e. The smallest absolute Gasteiger partial charge is 0.294 e. The standard InChI is InChI=1S/C26H30N2O3/c1-20-19-27(16-14-21-9-4-3-5-10-21)17-15-22(20)28(26(29)25-13-8-18-31-25)23-11-6-7-12-24(23)30-2/h3-13,18,20,22H,14-17,19H2,1-2H3/t20-,22-/m0/s1. The van der Waals surface area contributed by atoms with Crippen molar-refractivity contribution in [2.24, 2.45) is 5.92 Å². The van der Waals surface area contributed by atoms with Gasteiger partial charge in [0.2, 0.25) is 0 Å². The molecule has 162 valence electrons. The summed E-state index contributed by atoms with van der Waals surface area (Å²) >= 11 is 0. The third kappa shape index (κ3) is 4.83. The summed E-state index contributed by atoms with van der Waals surface area (Å²) in [5.74, 6) is 1.24. The van der Waals surface area contributed by atoms with Crippen LogP contribution in [0.1, 0.15) is 29.5 Å². The van der Waals surface area contributed by atoms with Crippen molar-refractivity contribution in [3.8, 4) is 5.75 Å². The van der Waals surface area contributed by atoms with Crippen molar-refractivity contribution in [3.63, 3.8) is 0 Å². The fraction of sp³-hybridized carbons (Fsp3) is 0.346. The quantitative estimate of drug-likeness (QED) is 0.548. The highest BCUT2D eigenvalue weighted by Crippen LogP contribution is 2.35. The molecule has 0 unspecified atom stereocenters. The van der Waals surface area contributed by atoms with Crippen molar-refractivity contribution < 1.29 is 13.9 Å². The molecule has 0 saturated carbocycles. The fourth-order valence-electron chi connectivity index (χ4n) is 4.52. The monoisotopic (exact) mass is 418 g/mol. The van der Waals surface area contributed by atoms with Crippen LogP contribution in [0, 0.1) is 5.92 Å². The minimum atomic E-state index is -0.121. The molecule has 2 heterocycles. The summed E-state index contributed by atoms with van der Waals surface area (Å²) in [6.07, 6.45) is 3.49. The van der Waals surface area contributed by atoms with Gasteiger partial charge in [-0.25, -0.2) is 0 Å². The van der Waals surface area contributed by atoms with E-state index in [9.17, 15) is 4.79 Å². The molecule has 1 aliphatic heterocycles. The third-order valence-corrected chi connectivity index (χ3v) is 6.13. The van der Waals surface area contributed by atoms with Crippen LogP contribution >= 0.6 is 0 Å². The average molecular weight is 419 g/mol. The molecule has 5 nitrogen and oxygen atoms in total. The topological polar surface area (TPSA) is 45.9 Å². The van der Waals surface area contributed by atoms with E-state index in [1.807, 2.05) is 29.2 Å². The van der Waals surface area contributed by atoms with Crippen LogP contribution in [0.4, 0.5) is 5.69 Å². The first-order valence-corrected chi connectivity index (χ1v) is 10.9. The number of likely N-dealkylation sites (tertiary alicyclic amines) is 1. The molecule has 0 N–H and O–H groups in total. The maximum Gasteiger partial charge on any atom is 0.294 e. The summed E-state index contributed by atoms with van der Waals surface area (Å²) < 4.78 is 11.1. The molecule has 1 aliphatic rings. The Hall–Kier alpha value is -3.05. The molecule has 1 amide bonds. The van der Waals surface area contributed by atoms with Crippen molar-refractivity contribution in [2.45, 2.75) is 25.8 Å². The van der Waals surface area contributed by atoms with E-state index in [0.717, 1.165) is 38.2 Å². The molecule has 1 fully saturated rings. The third-order valence-electron chi connectivity index (χ3n) is 6.13. The minimum absolute atomic E-state index is 0.0712. The van der Waals surface area contributed by atoms with Crippen LogP contribution in [-0.2, 0) is 6.42 Å². The van der Waals surface area contributed by atoms with Gasteiger partial charge in [-0.05, 0) is 48.6 Å². The predicted molar refractivity (Wildman–Crippen MR) is 123 cm³/mol. The van der Waals surface area contributed by atoms with E-state index in [-0.39, 0.29) is 11.9 Å². The molecule has 31 heavy (non-hydrogen) atoms. The highest BCUT2D eigenvalue weighted by atomic mass is 16.5. The summed E-state index contributed by atoms with van der Waals surface area (Å²) in [5.41, 5.74) is 2.15. The number of para-hydroxylation sites is 2. The Morgan fingerprint density at radius 3 is 2.58 bits per heavy atom. The van der Waals surface area contributed by atoms with E-state index >= 15 is 0 Å². The van der Waals surface area contributed by atoms with Crippen LogP contribution in [-0.4, -0.2) is 43.6 Å². The molecule has 0 spiro atoms. The molecular formula is C26H30N2O3. The Balaban J connectivity index is 1.53. The number of piperidine rings is 1. The molecule has 0 aliphatic carbocycles. The number of furan rings is 1. The van der Waals surface area contributed by atoms with Gasteiger partial charge in [0.25, 0.3) is 5.91 Å². The van der Waals surface area contributed by atoms with Crippen LogP contribution in [0.2, 0.25) is 0 Å². The number of carbonyl (C=O) groups is 1. The lowest BCUT2D eigenvalue weighted by Gasteiger charge is -2.42. The Bertz CT molecular complexity index is 971. The van der Waals surface area contributed by atoms with Gasteiger partial charge >= 0.3 is 0 Å². The molecule has 1 aromatic heterocycles. The van der Waals surface area contributed by atoms with Crippen molar-refractivity contribution in [2.75, 3.05) is 31.6 Å². The van der Waals surface area contributed by atoms with Crippen molar-refractivity contribution >= 4 is 11.6 Å². The zero-order valence-corrected chi connectivity index (χ0v) is 18.2. The van der Waals surface area contributed by atoms with Gasteiger partial charge in [0, 0.05) is 25.7 Å². The number of methoxy groups -OCH3 is 1. The number of carbonyl (C=O) groups excluding carboxylic acids is 1. The summed E-state index contributed by atoms with van der Waals surface area (Å²) in [5, 5.41) is 0. The van der Waals surface area contributed by atoms with E-state index in [0.29, 0.717) is 17.4 Å². The second-order valence-electron chi connectivity index (χ2n) is 8.19. The lowest BCUT2D eigenvalue weighted by atomic mass is 9.91. The van der Waals surface area contributed by atoms with Crippen LogP contribution in [0.25, 0.3) is 0 Å². The Labute approximate surface area is 184 Å². The summed E-state index contributed by atoms with van der Waals surface area (Å²) in [7, 11) is 1.64. The highest BCUT2D eigenvalue weighted by molar-refractivity contribution is 6.05. The van der Waals surface area contributed by atoms with Crippen molar-refractivity contribution in [1.82, 2.24) is 4.90 Å². The number of anilines is 1. The maximum atomic E-state index is 13.5. The van der Waals surface area contributed by atoms with E-state index in [2.05, 4.69) is 42.2 Å². The molecule has 2 aromatic carbocycles. The number of amides is 1. The van der Waals surface area contributed by atoms with Gasteiger partial charge in [0.1, 0.15) is 5.75 Å². The van der Waals surface area contributed by atoms with E-state index < -0.39 is 0 Å². The Kier molecular flexibility index (Phi) is 6.73. The molecule has 2 atom stereocenters. The van der Waals surface area contributed by atoms with Gasteiger partial charge in [-0.3, -0.25) is 9.69 Å². The van der Waals surface area contributed by atoms with Crippen LogP contribution < -0.4 is 9.64 Å². The molecule has 4 rings (SSSR count). The number of benzene rings is 2. The number of nitrogens with zero attached hydrogens (tertiary/aromatic N) is 2. The van der Waals surface area contributed by atoms with Gasteiger partial charge in [-0.15, -0.1) is 0 Å². The van der Waals surface area contributed by atoms with Crippen molar-refractivity contribution in [1.29, 1.82) is 0 Å². The lowest BCUT2D eigenvalue weighted by molar-refractivity contribution is 0.0905. The second-order valence-corrected chi connectivity index (χ2v) is 8.19. The predicted octanol–water partition coefficient (Wildman–Crippen LogP) is 4.89. The van der Waals surface area contributed by atoms with Crippen molar-refractivity contribution in [3.05, 3.63) is 84.3 Å². The first-order valence-electron chi connectivity index (χ1n) is 10.9. The second kappa shape index (κ2) is 9.84. The normalized spacial score (nSPS) is 19.2. The molecular weight excluding hydrogens is 388 g/mol. The molecule has 0 bridgehead atoms. The number of ether oxygens (including phenoxy) is 1. The average Bonchev–Trinajstić information content (AvgIpc) is 3.35. The van der Waals surface area contributed by atoms with E-state index in [1.165, 1.54) is 5.56 Å². The lowest BCUT2D eigenvalue weighted by Crippen LogP contribution is -2.52. The van der Waals surface area contributed by atoms with E-state index in [4.69, 9.17) is 9.15 Å². The number of hydrogen-bond acceptors (Lipinski definition) is 4. The van der Waals surface area contributed by atoms with E-state index in [1.54, 1.807) is 25.5 Å². The zero-order chi connectivity index (χ0) is 21.6. The summed E-state index contributed by atoms with van der Waals surface area (Å²) in [6, 6.07) is 21.9. The van der Waals surface area contributed by atoms with Gasteiger partial charge in [-0.2, -0.15) is 0 Å². The van der Waals surface area contributed by atoms with Gasteiger partial charge < -0.3 is 14.1 Å². The molecule has 3 aromatic rings. The Morgan fingerprint density at radius 2 is 1.87 bits per heavy atom.